The van der Waals surface area contributed by atoms with Gasteiger partial charge in [0, 0.05) is 30.7 Å². The lowest BCUT2D eigenvalue weighted by Crippen LogP contribution is -2.28. The lowest BCUT2D eigenvalue weighted by molar-refractivity contribution is -0.168. The molecule has 0 N–H and O–H groups in total. The third-order valence-electron chi connectivity index (χ3n) is 18.2. The second-order valence-electron chi connectivity index (χ2n) is 26.6. The largest absolute Gasteiger partial charge is 0.697 e. The predicted molar refractivity (Wildman–Crippen MR) is 373 cm³/mol. The summed E-state index contributed by atoms with van der Waals surface area (Å²) in [7, 11) is -2.21. The van der Waals surface area contributed by atoms with Crippen molar-refractivity contribution < 1.29 is 23.3 Å². The molecule has 0 saturated heterocycles. The van der Waals surface area contributed by atoms with E-state index < -0.39 is 8.25 Å². The van der Waals surface area contributed by atoms with E-state index in [0.29, 0.717) is 13.2 Å². The molecular formula is C76H156N2O5P+. The van der Waals surface area contributed by atoms with Crippen LogP contribution in [0, 0.1) is 0 Å². The van der Waals surface area contributed by atoms with E-state index in [4.69, 9.17) is 18.7 Å². The first-order valence-corrected chi connectivity index (χ1v) is 40.3. The van der Waals surface area contributed by atoms with Crippen molar-refractivity contribution in [1.82, 2.24) is 10.1 Å². The van der Waals surface area contributed by atoms with Crippen molar-refractivity contribution >= 4 is 8.25 Å². The molecule has 0 aromatic rings. The Morgan fingerprint density at radius 3 is 0.464 bits per heavy atom. The fourth-order valence-corrected chi connectivity index (χ4v) is 12.9. The average Bonchev–Trinajstić information content (AvgIpc) is 3.51. The van der Waals surface area contributed by atoms with Gasteiger partial charge in [0.05, 0.1) is 13.2 Å². The highest BCUT2D eigenvalue weighted by molar-refractivity contribution is 7.33. The molecule has 84 heavy (non-hydrogen) atoms. The Hall–Kier alpha value is -0.140. The maximum absolute atomic E-state index is 12.8. The molecule has 0 aliphatic carbocycles. The van der Waals surface area contributed by atoms with Crippen LogP contribution < -0.4 is 0 Å². The van der Waals surface area contributed by atoms with Crippen LogP contribution in [0.4, 0.5) is 0 Å². The van der Waals surface area contributed by atoms with Crippen molar-refractivity contribution in [3.05, 3.63) is 0 Å². The van der Waals surface area contributed by atoms with E-state index in [1.165, 1.54) is 411 Å². The Bertz CT molecular complexity index is 1020. The van der Waals surface area contributed by atoms with Crippen molar-refractivity contribution in [2.75, 3.05) is 52.6 Å². The molecule has 0 radical (unpaired) electrons. The number of nitrogens with zero attached hydrogens (tertiary/aromatic N) is 2. The van der Waals surface area contributed by atoms with Crippen LogP contribution in [0.3, 0.4) is 0 Å². The Morgan fingerprint density at radius 1 is 0.190 bits per heavy atom. The molecule has 0 spiro atoms. The van der Waals surface area contributed by atoms with Gasteiger partial charge in [0.15, 0.2) is 0 Å². The van der Waals surface area contributed by atoms with Crippen LogP contribution >= 0.6 is 8.25 Å². The average molecular weight is 1210 g/mol. The topological polar surface area (TPSA) is 60.5 Å². The number of unbranched alkanes of at least 4 members (excludes halogenated alkanes) is 60. The first kappa shape index (κ1) is 83.9. The zero-order chi connectivity index (χ0) is 60.5. The van der Waals surface area contributed by atoms with Crippen molar-refractivity contribution in [3.63, 3.8) is 0 Å². The van der Waals surface area contributed by atoms with E-state index in [-0.39, 0.29) is 13.2 Å². The fraction of sp³-hybridized carbons (Fsp3) is 1.00. The van der Waals surface area contributed by atoms with Gasteiger partial charge in [-0.1, -0.05) is 413 Å². The highest BCUT2D eigenvalue weighted by Crippen LogP contribution is 2.24. The molecule has 504 valence electrons. The van der Waals surface area contributed by atoms with Crippen LogP contribution in [0.2, 0.25) is 0 Å². The van der Waals surface area contributed by atoms with Crippen LogP contribution in [0.1, 0.15) is 439 Å². The zero-order valence-electron chi connectivity index (χ0n) is 58.3. The SMILES string of the molecule is CCCCCCCCCCCCCCCCCCN(CCCCCCCCCCCCCCCCCC)OCCO[P+](=O)OCCON(CCCCCCCCCCCCCCCCCC)CCCCCCCCCCCCCCCCCC. The molecule has 7 nitrogen and oxygen atoms in total. The third kappa shape index (κ3) is 72.6. The van der Waals surface area contributed by atoms with Crippen LogP contribution in [-0.4, -0.2) is 62.7 Å². The van der Waals surface area contributed by atoms with E-state index in [0.717, 1.165) is 26.2 Å². The molecule has 0 bridgehead atoms. The van der Waals surface area contributed by atoms with Gasteiger partial charge in [-0.3, -0.25) is 9.68 Å². The minimum Gasteiger partial charge on any atom is -0.296 e. The van der Waals surface area contributed by atoms with E-state index in [1.807, 2.05) is 0 Å². The molecular weight excluding hydrogens is 1050 g/mol. The fourth-order valence-electron chi connectivity index (χ4n) is 12.4. The Morgan fingerprint density at radius 2 is 0.321 bits per heavy atom. The van der Waals surface area contributed by atoms with Crippen LogP contribution in [-0.2, 0) is 23.3 Å². The van der Waals surface area contributed by atoms with E-state index >= 15 is 0 Å². The monoisotopic (exact) mass is 1210 g/mol. The summed E-state index contributed by atoms with van der Waals surface area (Å²) in [5, 5.41) is 4.37. The van der Waals surface area contributed by atoms with E-state index in [2.05, 4.69) is 37.8 Å². The van der Waals surface area contributed by atoms with Crippen molar-refractivity contribution in [1.29, 1.82) is 0 Å². The van der Waals surface area contributed by atoms with Gasteiger partial charge in [-0.2, -0.15) is 10.1 Å². The zero-order valence-corrected chi connectivity index (χ0v) is 59.2. The number of hydrogen-bond acceptors (Lipinski definition) is 7. The van der Waals surface area contributed by atoms with Gasteiger partial charge in [-0.25, -0.2) is 0 Å². The standard InChI is InChI=1S/C76H156N2O5P/c1-5-9-13-17-21-25-29-33-37-41-45-49-53-57-61-65-69-77(70-66-62-58-54-50-46-42-38-34-30-26-22-18-14-10-6-2)80-73-75-82-84(79)83-76-74-81-78(71-67-63-59-55-51-47-43-39-35-31-27-23-19-15-11-7-3)72-68-64-60-56-52-48-44-40-36-32-28-24-20-16-12-8-4/h5-76H2,1-4H3/q+1. The van der Waals surface area contributed by atoms with Crippen LogP contribution in [0.15, 0.2) is 0 Å². The van der Waals surface area contributed by atoms with E-state index in [9.17, 15) is 4.57 Å². The maximum atomic E-state index is 12.8. The van der Waals surface area contributed by atoms with Crippen molar-refractivity contribution in [2.45, 2.75) is 439 Å². The Balaban J connectivity index is 4.66. The smallest absolute Gasteiger partial charge is 0.296 e. The lowest BCUT2D eigenvalue weighted by atomic mass is 10.0. The maximum Gasteiger partial charge on any atom is 0.697 e. The van der Waals surface area contributed by atoms with Crippen LogP contribution in [0.25, 0.3) is 0 Å². The molecule has 0 saturated carbocycles. The molecule has 0 heterocycles. The summed E-state index contributed by atoms with van der Waals surface area (Å²) >= 11 is 0. The van der Waals surface area contributed by atoms with Gasteiger partial charge in [0.25, 0.3) is 0 Å². The normalized spacial score (nSPS) is 11.9. The molecule has 0 aromatic heterocycles. The number of hydrogen-bond donors (Lipinski definition) is 0. The van der Waals surface area contributed by atoms with Gasteiger partial charge in [0.2, 0.25) is 0 Å². The highest BCUT2D eigenvalue weighted by atomic mass is 31.1. The van der Waals surface area contributed by atoms with Gasteiger partial charge < -0.3 is 0 Å². The summed E-state index contributed by atoms with van der Waals surface area (Å²) in [5.41, 5.74) is 0. The minimum atomic E-state index is -2.21. The van der Waals surface area contributed by atoms with Crippen molar-refractivity contribution in [2.24, 2.45) is 0 Å². The molecule has 0 aromatic carbocycles. The second kappa shape index (κ2) is 77.1. The van der Waals surface area contributed by atoms with Crippen molar-refractivity contribution in [3.8, 4) is 0 Å². The summed E-state index contributed by atoms with van der Waals surface area (Å²) in [6.45, 7) is 14.4. The molecule has 0 amide bonds. The molecule has 0 fully saturated rings. The number of rotatable bonds is 78. The summed E-state index contributed by atoms with van der Waals surface area (Å²) in [5.74, 6) is 0. The van der Waals surface area contributed by atoms with Crippen LogP contribution in [0.5, 0.6) is 0 Å². The highest BCUT2D eigenvalue weighted by Gasteiger charge is 2.21. The number of hydroxylamine groups is 4. The molecule has 0 aliphatic heterocycles. The lowest BCUT2D eigenvalue weighted by Gasteiger charge is -2.21. The van der Waals surface area contributed by atoms with Gasteiger partial charge >= 0.3 is 8.25 Å². The van der Waals surface area contributed by atoms with Gasteiger partial charge in [-0.15, -0.1) is 9.05 Å². The first-order chi connectivity index (χ1) is 41.7. The molecule has 8 heteroatoms. The van der Waals surface area contributed by atoms with Gasteiger partial charge in [-0.05, 0) is 25.7 Å². The second-order valence-corrected chi connectivity index (χ2v) is 27.6. The summed E-state index contributed by atoms with van der Waals surface area (Å²) < 4.78 is 24.2. The predicted octanol–water partition coefficient (Wildman–Crippen LogP) is 27.2. The quantitative estimate of drug-likeness (QED) is 0.0342. The van der Waals surface area contributed by atoms with E-state index in [1.54, 1.807) is 0 Å². The summed E-state index contributed by atoms with van der Waals surface area (Å²) in [6, 6.07) is 0. The summed E-state index contributed by atoms with van der Waals surface area (Å²) in [6.07, 6.45) is 88.7. The molecule has 0 rings (SSSR count). The molecule has 0 atom stereocenters. The first-order valence-electron chi connectivity index (χ1n) is 39.2. The Labute approximate surface area is 530 Å². The van der Waals surface area contributed by atoms with Gasteiger partial charge in [0.1, 0.15) is 13.2 Å². The third-order valence-corrected chi connectivity index (χ3v) is 18.9. The molecule has 0 aliphatic rings. The summed E-state index contributed by atoms with van der Waals surface area (Å²) in [4.78, 5) is 12.6. The minimum absolute atomic E-state index is 0.273. The Kier molecular flexibility index (Phi) is 77.0. The molecule has 0 unspecified atom stereocenters.